The molecule has 0 radical (unpaired) electrons. The molecule has 0 saturated carbocycles. The van der Waals surface area contributed by atoms with Crippen LogP contribution in [0.3, 0.4) is 0 Å². The van der Waals surface area contributed by atoms with E-state index in [1.54, 1.807) is 24.3 Å². The average molecular weight is 412 g/mol. The van der Waals surface area contributed by atoms with Crippen LogP contribution in [0.4, 0.5) is 5.69 Å². The number of amides is 1. The molecule has 1 heterocycles. The molecule has 140 valence electrons. The molecule has 1 amide bonds. The Morgan fingerprint density at radius 2 is 1.89 bits per heavy atom. The van der Waals surface area contributed by atoms with Crippen molar-refractivity contribution in [2.45, 2.75) is 0 Å². The summed E-state index contributed by atoms with van der Waals surface area (Å²) >= 11 is 12.1. The molecule has 0 aliphatic rings. The van der Waals surface area contributed by atoms with E-state index in [0.29, 0.717) is 27.3 Å². The van der Waals surface area contributed by atoms with Crippen molar-refractivity contribution in [1.82, 2.24) is 9.97 Å². The van der Waals surface area contributed by atoms with Gasteiger partial charge in [0.25, 0.3) is 5.91 Å². The van der Waals surface area contributed by atoms with E-state index < -0.39 is 0 Å². The number of aromatic nitrogens is 2. The molecule has 0 spiro atoms. The van der Waals surface area contributed by atoms with Crippen LogP contribution in [0, 0.1) is 0 Å². The summed E-state index contributed by atoms with van der Waals surface area (Å²) in [5.41, 5.74) is 3.39. The minimum atomic E-state index is -0.382. The van der Waals surface area contributed by atoms with Crippen molar-refractivity contribution in [2.24, 2.45) is 0 Å². The van der Waals surface area contributed by atoms with Gasteiger partial charge < -0.3 is 15.0 Å². The molecule has 28 heavy (non-hydrogen) atoms. The van der Waals surface area contributed by atoms with Crippen LogP contribution in [-0.4, -0.2) is 23.0 Å². The Kier molecular flexibility index (Phi) is 4.94. The molecule has 0 saturated heterocycles. The first-order valence-corrected chi connectivity index (χ1v) is 9.20. The van der Waals surface area contributed by atoms with Crippen molar-refractivity contribution in [3.8, 4) is 17.1 Å². The van der Waals surface area contributed by atoms with Crippen LogP contribution in [0.25, 0.3) is 22.4 Å². The summed E-state index contributed by atoms with van der Waals surface area (Å²) in [6.45, 7) is 0. The molecule has 0 aliphatic heterocycles. The fourth-order valence-corrected chi connectivity index (χ4v) is 3.28. The monoisotopic (exact) mass is 411 g/mol. The Morgan fingerprint density at radius 3 is 2.68 bits per heavy atom. The summed E-state index contributed by atoms with van der Waals surface area (Å²) in [7, 11) is 1.54. The Balaban J connectivity index is 1.71. The molecule has 0 bridgehead atoms. The fraction of sp³-hybridized carbons (Fsp3) is 0.0476. The van der Waals surface area contributed by atoms with Crippen LogP contribution in [-0.2, 0) is 0 Å². The van der Waals surface area contributed by atoms with Gasteiger partial charge in [-0.05, 0) is 48.5 Å². The number of methoxy groups -OCH3 is 1. The predicted octanol–water partition coefficient (Wildman–Crippen LogP) is 5.80. The van der Waals surface area contributed by atoms with E-state index in [2.05, 4.69) is 15.3 Å². The largest absolute Gasteiger partial charge is 0.495 e. The summed E-state index contributed by atoms with van der Waals surface area (Å²) in [6.07, 6.45) is 0. The number of carbonyl (C=O) groups is 1. The highest BCUT2D eigenvalue weighted by Crippen LogP contribution is 2.31. The van der Waals surface area contributed by atoms with Crippen molar-refractivity contribution in [1.29, 1.82) is 0 Å². The van der Waals surface area contributed by atoms with Crippen LogP contribution >= 0.6 is 23.2 Å². The Labute approximate surface area is 171 Å². The number of aromatic amines is 1. The molecule has 0 atom stereocenters. The zero-order chi connectivity index (χ0) is 19.7. The van der Waals surface area contributed by atoms with Gasteiger partial charge in [-0.1, -0.05) is 35.3 Å². The zero-order valence-electron chi connectivity index (χ0n) is 14.8. The van der Waals surface area contributed by atoms with Gasteiger partial charge in [-0.15, -0.1) is 0 Å². The summed E-state index contributed by atoms with van der Waals surface area (Å²) in [6, 6.07) is 17.9. The van der Waals surface area contributed by atoms with E-state index in [1.807, 2.05) is 30.3 Å². The van der Waals surface area contributed by atoms with Gasteiger partial charge in [0.05, 0.1) is 34.4 Å². The number of rotatable bonds is 4. The number of carbonyl (C=O) groups excluding carboxylic acids is 1. The summed E-state index contributed by atoms with van der Waals surface area (Å²) in [5.74, 6) is 0.832. The molecular weight excluding hydrogens is 397 g/mol. The second kappa shape index (κ2) is 7.54. The third-order valence-corrected chi connectivity index (χ3v) is 4.85. The zero-order valence-corrected chi connectivity index (χ0v) is 16.3. The van der Waals surface area contributed by atoms with E-state index >= 15 is 0 Å². The summed E-state index contributed by atoms with van der Waals surface area (Å²) in [4.78, 5) is 20.6. The lowest BCUT2D eigenvalue weighted by molar-refractivity contribution is 0.102. The van der Waals surface area contributed by atoms with Crippen molar-refractivity contribution in [3.63, 3.8) is 0 Å². The smallest absolute Gasteiger partial charge is 0.257 e. The summed E-state index contributed by atoms with van der Waals surface area (Å²) < 4.78 is 5.38. The Bertz CT molecular complexity index is 1150. The normalized spacial score (nSPS) is 10.8. The van der Waals surface area contributed by atoms with Gasteiger partial charge in [0, 0.05) is 10.6 Å². The van der Waals surface area contributed by atoms with Gasteiger partial charge in [0.2, 0.25) is 0 Å². The molecule has 0 aliphatic carbocycles. The number of hydrogen-bond acceptors (Lipinski definition) is 3. The first kappa shape index (κ1) is 18.3. The van der Waals surface area contributed by atoms with Gasteiger partial charge in [-0.3, -0.25) is 4.79 Å². The minimum Gasteiger partial charge on any atom is -0.495 e. The van der Waals surface area contributed by atoms with Crippen LogP contribution in [0.15, 0.2) is 60.7 Å². The maximum absolute atomic E-state index is 12.7. The molecule has 0 unspecified atom stereocenters. The van der Waals surface area contributed by atoms with Gasteiger partial charge in [-0.2, -0.15) is 0 Å². The second-order valence-electron chi connectivity index (χ2n) is 6.10. The first-order chi connectivity index (χ1) is 13.5. The van der Waals surface area contributed by atoms with Gasteiger partial charge in [0.1, 0.15) is 11.6 Å². The quantitative estimate of drug-likeness (QED) is 0.445. The average Bonchev–Trinajstić information content (AvgIpc) is 3.14. The molecule has 4 rings (SSSR count). The number of fused-ring (bicyclic) bond motifs is 1. The van der Waals surface area contributed by atoms with E-state index in [-0.39, 0.29) is 11.5 Å². The van der Waals surface area contributed by atoms with Crippen LogP contribution in [0.5, 0.6) is 5.75 Å². The number of H-pyrrole nitrogens is 1. The second-order valence-corrected chi connectivity index (χ2v) is 6.94. The van der Waals surface area contributed by atoms with E-state index in [1.165, 1.54) is 13.2 Å². The predicted molar refractivity (Wildman–Crippen MR) is 112 cm³/mol. The number of nitrogens with zero attached hydrogens (tertiary/aromatic N) is 1. The van der Waals surface area contributed by atoms with E-state index in [9.17, 15) is 4.79 Å². The fourth-order valence-electron chi connectivity index (χ4n) is 2.90. The lowest BCUT2D eigenvalue weighted by atomic mass is 10.1. The molecule has 2 N–H and O–H groups in total. The van der Waals surface area contributed by atoms with E-state index in [0.717, 1.165) is 16.6 Å². The van der Waals surface area contributed by atoms with Crippen molar-refractivity contribution >= 4 is 45.8 Å². The number of para-hydroxylation sites is 2. The molecule has 0 fully saturated rings. The summed E-state index contributed by atoms with van der Waals surface area (Å²) in [5, 5.41) is 3.58. The molecular formula is C21H15Cl2N3O2. The molecule has 5 nitrogen and oxygen atoms in total. The number of imidazole rings is 1. The van der Waals surface area contributed by atoms with Crippen LogP contribution in [0.2, 0.25) is 10.0 Å². The highest BCUT2D eigenvalue weighted by molar-refractivity contribution is 6.36. The van der Waals surface area contributed by atoms with Crippen molar-refractivity contribution in [3.05, 3.63) is 76.3 Å². The van der Waals surface area contributed by atoms with Crippen LogP contribution in [0.1, 0.15) is 10.4 Å². The lowest BCUT2D eigenvalue weighted by Crippen LogP contribution is -2.13. The minimum absolute atomic E-state index is 0.283. The van der Waals surface area contributed by atoms with E-state index in [4.69, 9.17) is 27.9 Å². The number of halogens is 2. The molecule has 3 aromatic carbocycles. The number of anilines is 1. The highest BCUT2D eigenvalue weighted by Gasteiger charge is 2.15. The van der Waals surface area contributed by atoms with Crippen LogP contribution < -0.4 is 10.1 Å². The Hall–Kier alpha value is -3.02. The maximum atomic E-state index is 12.7. The number of hydrogen-bond donors (Lipinski definition) is 2. The standard InChI is InChI=1S/C21H15Cl2N3O2/c1-28-19-9-6-12(20-24-16-4-2-3-5-17(16)25-20)10-18(19)26-21(27)14-11-13(22)7-8-15(14)23/h2-11H,1H3,(H,24,25)(H,26,27). The maximum Gasteiger partial charge on any atom is 0.257 e. The van der Waals surface area contributed by atoms with Gasteiger partial charge in [-0.25, -0.2) is 4.98 Å². The Morgan fingerprint density at radius 1 is 1.07 bits per heavy atom. The number of benzene rings is 3. The molecule has 7 heteroatoms. The topological polar surface area (TPSA) is 67.0 Å². The SMILES string of the molecule is COc1ccc(-c2nc3ccccc3[nH]2)cc1NC(=O)c1cc(Cl)ccc1Cl. The van der Waals surface area contributed by atoms with Crippen molar-refractivity contribution in [2.75, 3.05) is 12.4 Å². The lowest BCUT2D eigenvalue weighted by Gasteiger charge is -2.12. The van der Waals surface area contributed by atoms with Gasteiger partial charge in [0.15, 0.2) is 0 Å². The van der Waals surface area contributed by atoms with Gasteiger partial charge >= 0.3 is 0 Å². The third kappa shape index (κ3) is 3.54. The van der Waals surface area contributed by atoms with Crippen molar-refractivity contribution < 1.29 is 9.53 Å². The molecule has 1 aromatic heterocycles. The third-order valence-electron chi connectivity index (χ3n) is 4.28. The number of ether oxygens (including phenoxy) is 1. The number of nitrogens with one attached hydrogen (secondary N) is 2. The first-order valence-electron chi connectivity index (χ1n) is 8.45. The molecule has 4 aromatic rings. The highest BCUT2D eigenvalue weighted by atomic mass is 35.5.